The predicted molar refractivity (Wildman–Crippen MR) is 98.7 cm³/mol. The maximum absolute atomic E-state index is 12.5. The van der Waals surface area contributed by atoms with Crippen LogP contribution in [0.5, 0.6) is 11.5 Å². The van der Waals surface area contributed by atoms with Gasteiger partial charge in [0.15, 0.2) is 11.6 Å². The molecule has 0 bridgehead atoms. The van der Waals surface area contributed by atoms with E-state index in [-0.39, 0.29) is 35.9 Å². The zero-order valence-corrected chi connectivity index (χ0v) is 14.1. The highest BCUT2D eigenvalue weighted by atomic mass is 16.3. The number of benzene rings is 3. The van der Waals surface area contributed by atoms with Crippen LogP contribution in [-0.2, 0) is 12.8 Å². The number of Topliss-reactive ketones (excluding diaryl/α,β-unsaturated/α-hetero) is 2. The van der Waals surface area contributed by atoms with E-state index in [2.05, 4.69) is 0 Å². The Labute approximate surface area is 151 Å². The number of hydrogen-bond donors (Lipinski definition) is 2. The zero-order valence-electron chi connectivity index (χ0n) is 14.1. The van der Waals surface area contributed by atoms with Gasteiger partial charge in [0.2, 0.25) is 0 Å². The van der Waals surface area contributed by atoms with E-state index in [1.165, 1.54) is 0 Å². The number of ketones is 2. The van der Waals surface area contributed by atoms with Gasteiger partial charge in [-0.1, -0.05) is 42.5 Å². The van der Waals surface area contributed by atoms with Crippen molar-refractivity contribution in [1.82, 2.24) is 0 Å². The van der Waals surface area contributed by atoms with Crippen LogP contribution < -0.4 is 0 Å². The monoisotopic (exact) mass is 346 g/mol. The van der Waals surface area contributed by atoms with Gasteiger partial charge in [-0.05, 0) is 41.5 Å². The summed E-state index contributed by atoms with van der Waals surface area (Å²) in [6.07, 6.45) is 0.409. The molecule has 4 nitrogen and oxygen atoms in total. The van der Waals surface area contributed by atoms with Crippen molar-refractivity contribution < 1.29 is 19.8 Å². The Bertz CT molecular complexity index is 850. The Hall–Kier alpha value is -3.40. The van der Waals surface area contributed by atoms with Crippen molar-refractivity contribution >= 4 is 11.6 Å². The van der Waals surface area contributed by atoms with Gasteiger partial charge in [0.05, 0.1) is 0 Å². The van der Waals surface area contributed by atoms with Crippen LogP contribution in [0.15, 0.2) is 72.8 Å². The van der Waals surface area contributed by atoms with E-state index in [0.29, 0.717) is 11.1 Å². The number of carbonyl (C=O) groups is 2. The quantitative estimate of drug-likeness (QED) is 0.663. The largest absolute Gasteiger partial charge is 0.508 e. The Morgan fingerprint density at radius 1 is 0.615 bits per heavy atom. The summed E-state index contributed by atoms with van der Waals surface area (Å²) in [5.41, 5.74) is 2.56. The molecule has 26 heavy (non-hydrogen) atoms. The lowest BCUT2D eigenvalue weighted by Crippen LogP contribution is -2.07. The molecule has 0 aliphatic carbocycles. The Morgan fingerprint density at radius 3 is 1.38 bits per heavy atom. The lowest BCUT2D eigenvalue weighted by Gasteiger charge is -2.06. The lowest BCUT2D eigenvalue weighted by molar-refractivity contribution is 0.0992. The van der Waals surface area contributed by atoms with Crippen molar-refractivity contribution in [2.24, 2.45) is 0 Å². The van der Waals surface area contributed by atoms with Gasteiger partial charge in [0, 0.05) is 24.0 Å². The topological polar surface area (TPSA) is 74.6 Å². The van der Waals surface area contributed by atoms with E-state index in [0.717, 1.165) is 11.1 Å². The van der Waals surface area contributed by atoms with Crippen LogP contribution in [0.25, 0.3) is 0 Å². The average Bonchev–Trinajstić information content (AvgIpc) is 2.65. The Balaban J connectivity index is 1.72. The first-order valence-electron chi connectivity index (χ1n) is 8.23. The molecule has 2 N–H and O–H groups in total. The zero-order chi connectivity index (χ0) is 18.5. The van der Waals surface area contributed by atoms with Crippen molar-refractivity contribution in [2.45, 2.75) is 12.8 Å². The van der Waals surface area contributed by atoms with Crippen molar-refractivity contribution in [3.8, 4) is 11.5 Å². The normalized spacial score (nSPS) is 10.5. The van der Waals surface area contributed by atoms with Crippen LogP contribution in [0.4, 0.5) is 0 Å². The first-order chi connectivity index (χ1) is 12.5. The maximum Gasteiger partial charge on any atom is 0.167 e. The minimum atomic E-state index is -0.0880. The fourth-order valence-electron chi connectivity index (χ4n) is 2.67. The van der Waals surface area contributed by atoms with Crippen molar-refractivity contribution in [1.29, 1.82) is 0 Å². The first kappa shape index (κ1) is 17.4. The van der Waals surface area contributed by atoms with Crippen LogP contribution in [0.1, 0.15) is 31.8 Å². The van der Waals surface area contributed by atoms with Gasteiger partial charge in [0.25, 0.3) is 0 Å². The fraction of sp³-hybridized carbons (Fsp3) is 0.0909. The summed E-state index contributed by atoms with van der Waals surface area (Å²) in [5, 5.41) is 18.6. The number of aromatic hydroxyl groups is 2. The molecule has 0 heterocycles. The van der Waals surface area contributed by atoms with E-state index in [1.54, 1.807) is 72.8 Å². The van der Waals surface area contributed by atoms with Crippen molar-refractivity contribution in [2.75, 3.05) is 0 Å². The summed E-state index contributed by atoms with van der Waals surface area (Å²) in [6, 6.07) is 19.7. The van der Waals surface area contributed by atoms with Gasteiger partial charge in [0.1, 0.15) is 11.5 Å². The van der Waals surface area contributed by atoms with Gasteiger partial charge in [-0.25, -0.2) is 0 Å². The highest BCUT2D eigenvalue weighted by Gasteiger charge is 2.12. The van der Waals surface area contributed by atoms with Gasteiger partial charge < -0.3 is 10.2 Å². The molecule has 0 fully saturated rings. The van der Waals surface area contributed by atoms with Crippen LogP contribution >= 0.6 is 0 Å². The van der Waals surface area contributed by atoms with E-state index < -0.39 is 0 Å². The van der Waals surface area contributed by atoms with Gasteiger partial charge in [-0.2, -0.15) is 0 Å². The third-order valence-corrected chi connectivity index (χ3v) is 4.11. The molecule has 3 aromatic carbocycles. The summed E-state index contributed by atoms with van der Waals surface area (Å²) in [6.45, 7) is 0. The fourth-order valence-corrected chi connectivity index (χ4v) is 2.67. The molecular formula is C22H18O4. The lowest BCUT2D eigenvalue weighted by atomic mass is 9.97. The molecule has 3 aromatic rings. The number of hydrogen-bond acceptors (Lipinski definition) is 4. The highest BCUT2D eigenvalue weighted by molar-refractivity contribution is 6.02. The number of phenols is 2. The predicted octanol–water partition coefficient (Wildman–Crippen LogP) is 3.95. The van der Waals surface area contributed by atoms with Crippen molar-refractivity contribution in [3.05, 3.63) is 95.1 Å². The van der Waals surface area contributed by atoms with Crippen LogP contribution in [0.2, 0.25) is 0 Å². The number of carbonyl (C=O) groups excluding carboxylic acids is 2. The second kappa shape index (κ2) is 7.66. The molecule has 0 amide bonds. The number of phenolic OH excluding ortho intramolecular Hbond substituents is 2. The smallest absolute Gasteiger partial charge is 0.167 e. The van der Waals surface area contributed by atoms with E-state index in [1.807, 2.05) is 0 Å². The second-order valence-corrected chi connectivity index (χ2v) is 6.11. The Morgan fingerprint density at radius 2 is 1.00 bits per heavy atom. The minimum Gasteiger partial charge on any atom is -0.508 e. The average molecular weight is 346 g/mol. The summed E-state index contributed by atoms with van der Waals surface area (Å²) in [5.74, 6) is 0.135. The first-order valence-corrected chi connectivity index (χ1v) is 8.23. The van der Waals surface area contributed by atoms with Gasteiger partial charge >= 0.3 is 0 Å². The molecule has 0 aliphatic rings. The molecule has 0 unspecified atom stereocenters. The summed E-state index contributed by atoms with van der Waals surface area (Å²) >= 11 is 0. The van der Waals surface area contributed by atoms with Crippen LogP contribution in [-0.4, -0.2) is 21.8 Å². The molecule has 3 rings (SSSR count). The molecule has 0 saturated carbocycles. The standard InChI is InChI=1S/C22H18O4/c23-19-8-4-15(5-9-19)12-21(25)17-2-1-3-18(14-17)22(26)13-16-6-10-20(24)11-7-16/h1-11,14,23-24H,12-13H2. The molecule has 0 atom stereocenters. The van der Waals surface area contributed by atoms with Gasteiger partial charge in [-0.3, -0.25) is 9.59 Å². The molecule has 0 aromatic heterocycles. The molecule has 0 radical (unpaired) electrons. The second-order valence-electron chi connectivity index (χ2n) is 6.11. The molecule has 0 saturated heterocycles. The third-order valence-electron chi connectivity index (χ3n) is 4.11. The molecule has 0 spiro atoms. The van der Waals surface area contributed by atoms with Crippen molar-refractivity contribution in [3.63, 3.8) is 0 Å². The SMILES string of the molecule is O=C(Cc1ccc(O)cc1)c1cccc(C(=O)Cc2ccc(O)cc2)c1. The third kappa shape index (κ3) is 4.36. The van der Waals surface area contributed by atoms with Gasteiger partial charge in [-0.15, -0.1) is 0 Å². The summed E-state index contributed by atoms with van der Waals surface area (Å²) < 4.78 is 0. The van der Waals surface area contributed by atoms with Crippen LogP contribution in [0.3, 0.4) is 0 Å². The maximum atomic E-state index is 12.5. The Kier molecular flexibility index (Phi) is 5.13. The summed E-state index contributed by atoms with van der Waals surface area (Å²) in [7, 11) is 0. The van der Waals surface area contributed by atoms with E-state index in [9.17, 15) is 19.8 Å². The van der Waals surface area contributed by atoms with Crippen LogP contribution in [0, 0.1) is 0 Å². The minimum absolute atomic E-state index is 0.0880. The van der Waals surface area contributed by atoms with E-state index in [4.69, 9.17) is 0 Å². The molecular weight excluding hydrogens is 328 g/mol. The summed E-state index contributed by atoms with van der Waals surface area (Å²) in [4.78, 5) is 24.9. The molecule has 130 valence electrons. The number of rotatable bonds is 6. The van der Waals surface area contributed by atoms with E-state index >= 15 is 0 Å². The highest BCUT2D eigenvalue weighted by Crippen LogP contribution is 2.16. The molecule has 0 aliphatic heterocycles. The molecule has 4 heteroatoms.